The van der Waals surface area contributed by atoms with Gasteiger partial charge in [-0.1, -0.05) is 0 Å². The summed E-state index contributed by atoms with van der Waals surface area (Å²) in [5, 5.41) is 19.1. The molecule has 0 aliphatic carbocycles. The molecule has 120 valence electrons. The molecule has 0 fully saturated rings. The maximum absolute atomic E-state index is 13.7. The van der Waals surface area contributed by atoms with E-state index in [4.69, 9.17) is 0 Å². The molecule has 0 bridgehead atoms. The molecule has 1 atom stereocenters. The van der Waals surface area contributed by atoms with Crippen LogP contribution in [0.1, 0.15) is 32.6 Å². The third-order valence-electron chi connectivity index (χ3n) is 4.34. The van der Waals surface area contributed by atoms with Crippen LogP contribution in [0.3, 0.4) is 0 Å². The van der Waals surface area contributed by atoms with E-state index in [2.05, 4.69) is 22.0 Å². The third kappa shape index (κ3) is 2.27. The largest absolute Gasteiger partial charge is 0.478 e. The van der Waals surface area contributed by atoms with E-state index in [1.165, 1.54) is 16.5 Å². The first-order chi connectivity index (χ1) is 11.0. The lowest BCUT2D eigenvalue weighted by molar-refractivity contribution is 0.0697. The number of benzene rings is 1. The van der Waals surface area contributed by atoms with Crippen LogP contribution in [0.2, 0.25) is 0 Å². The minimum absolute atomic E-state index is 0.0563. The molecule has 7 heteroatoms. The Morgan fingerprint density at radius 2 is 2.17 bits per heavy atom. The van der Waals surface area contributed by atoms with Crippen molar-refractivity contribution in [2.24, 2.45) is 0 Å². The fourth-order valence-corrected chi connectivity index (χ4v) is 4.42. The number of hydrogen-bond acceptors (Lipinski definition) is 5. The van der Waals surface area contributed by atoms with Gasteiger partial charge in [0.25, 0.3) is 0 Å². The van der Waals surface area contributed by atoms with Crippen LogP contribution in [0.15, 0.2) is 18.2 Å². The summed E-state index contributed by atoms with van der Waals surface area (Å²) in [5.74, 6) is -1.71. The Labute approximate surface area is 136 Å². The predicted octanol–water partition coefficient (Wildman–Crippen LogP) is 2.94. The van der Waals surface area contributed by atoms with Crippen molar-refractivity contribution < 1.29 is 14.3 Å². The van der Waals surface area contributed by atoms with Crippen molar-refractivity contribution in [2.75, 3.05) is 17.2 Å². The normalized spacial score (nSPS) is 22.0. The van der Waals surface area contributed by atoms with Gasteiger partial charge in [-0.25, -0.2) is 9.18 Å². The van der Waals surface area contributed by atoms with Crippen LogP contribution in [0.5, 0.6) is 0 Å². The predicted molar refractivity (Wildman–Crippen MR) is 87.7 cm³/mol. The summed E-state index contributed by atoms with van der Waals surface area (Å²) < 4.78 is 13.7. The Morgan fingerprint density at radius 1 is 1.35 bits per heavy atom. The Bertz CT molecular complexity index is 796. The summed E-state index contributed by atoms with van der Waals surface area (Å²) in [7, 11) is 0. The second-order valence-corrected chi connectivity index (χ2v) is 7.18. The standard InChI is InChI=1S/C16H16FN3O2S/c1-16(13-4-8-2-3-18-7-12(8)23-13)19-11-6-9(17)5-10(15(21)22)14(11)20-16/h4-6,18-20H,2-3,7H2,1H3,(H,21,22). The molecule has 1 unspecified atom stereocenters. The first kappa shape index (κ1) is 14.5. The topological polar surface area (TPSA) is 73.4 Å². The number of carboxylic acids is 1. The van der Waals surface area contributed by atoms with E-state index in [9.17, 15) is 14.3 Å². The number of aromatic carboxylic acids is 1. The lowest BCUT2D eigenvalue weighted by Gasteiger charge is -2.25. The zero-order chi connectivity index (χ0) is 16.2. The summed E-state index contributed by atoms with van der Waals surface area (Å²) in [6.45, 7) is 3.77. The van der Waals surface area contributed by atoms with Crippen LogP contribution >= 0.6 is 11.3 Å². The Kier molecular flexibility index (Phi) is 3.11. The number of carbonyl (C=O) groups is 1. The maximum atomic E-state index is 13.7. The summed E-state index contributed by atoms with van der Waals surface area (Å²) in [4.78, 5) is 13.8. The molecular weight excluding hydrogens is 317 g/mol. The Balaban J connectivity index is 1.75. The van der Waals surface area contributed by atoms with Gasteiger partial charge in [-0.3, -0.25) is 0 Å². The van der Waals surface area contributed by atoms with Gasteiger partial charge >= 0.3 is 5.97 Å². The van der Waals surface area contributed by atoms with Crippen LogP contribution in [0.4, 0.5) is 15.8 Å². The second kappa shape index (κ2) is 4.94. The molecule has 2 aliphatic heterocycles. The van der Waals surface area contributed by atoms with Crippen molar-refractivity contribution in [3.63, 3.8) is 0 Å². The van der Waals surface area contributed by atoms with Crippen LogP contribution in [-0.4, -0.2) is 17.6 Å². The van der Waals surface area contributed by atoms with Gasteiger partial charge in [0.1, 0.15) is 11.5 Å². The smallest absolute Gasteiger partial charge is 0.337 e. The van der Waals surface area contributed by atoms with E-state index in [1.807, 2.05) is 6.92 Å². The van der Waals surface area contributed by atoms with Gasteiger partial charge in [0, 0.05) is 11.4 Å². The van der Waals surface area contributed by atoms with Crippen LogP contribution in [0, 0.1) is 5.82 Å². The minimum Gasteiger partial charge on any atom is -0.478 e. The van der Waals surface area contributed by atoms with E-state index in [0.717, 1.165) is 30.5 Å². The fraction of sp³-hybridized carbons (Fsp3) is 0.312. The van der Waals surface area contributed by atoms with Gasteiger partial charge < -0.3 is 21.1 Å². The highest BCUT2D eigenvalue weighted by Crippen LogP contribution is 2.44. The highest BCUT2D eigenvalue weighted by Gasteiger charge is 2.38. The molecule has 5 nitrogen and oxygen atoms in total. The number of hydrogen-bond donors (Lipinski definition) is 4. The Morgan fingerprint density at radius 3 is 2.91 bits per heavy atom. The van der Waals surface area contributed by atoms with Crippen molar-refractivity contribution in [1.82, 2.24) is 5.32 Å². The molecule has 3 heterocycles. The van der Waals surface area contributed by atoms with Gasteiger partial charge in [0.05, 0.1) is 21.8 Å². The molecule has 0 amide bonds. The first-order valence-corrected chi connectivity index (χ1v) is 8.24. The average Bonchev–Trinajstić information content (AvgIpc) is 3.07. The van der Waals surface area contributed by atoms with Gasteiger partial charge in [0.2, 0.25) is 0 Å². The monoisotopic (exact) mass is 333 g/mol. The average molecular weight is 333 g/mol. The highest BCUT2D eigenvalue weighted by atomic mass is 32.1. The minimum atomic E-state index is -1.14. The lowest BCUT2D eigenvalue weighted by atomic mass is 10.1. The van der Waals surface area contributed by atoms with Crippen molar-refractivity contribution in [3.8, 4) is 0 Å². The van der Waals surface area contributed by atoms with Crippen LogP contribution < -0.4 is 16.0 Å². The zero-order valence-electron chi connectivity index (χ0n) is 12.5. The molecule has 4 rings (SSSR count). The van der Waals surface area contributed by atoms with E-state index >= 15 is 0 Å². The fourth-order valence-electron chi connectivity index (χ4n) is 3.18. The second-order valence-electron chi connectivity index (χ2n) is 6.04. The van der Waals surface area contributed by atoms with Crippen molar-refractivity contribution in [2.45, 2.75) is 25.6 Å². The number of anilines is 2. The van der Waals surface area contributed by atoms with Crippen LogP contribution in [0.25, 0.3) is 0 Å². The lowest BCUT2D eigenvalue weighted by Crippen LogP contribution is -2.34. The SMILES string of the molecule is CC1(c2cc3c(s2)CNCC3)Nc2cc(F)cc(C(=O)O)c2N1. The Hall–Kier alpha value is -2.12. The quantitative estimate of drug-likeness (QED) is 0.680. The van der Waals surface area contributed by atoms with Gasteiger partial charge in [-0.15, -0.1) is 11.3 Å². The van der Waals surface area contributed by atoms with Crippen LogP contribution in [-0.2, 0) is 18.6 Å². The van der Waals surface area contributed by atoms with E-state index < -0.39 is 17.4 Å². The molecule has 0 spiro atoms. The summed E-state index contributed by atoms with van der Waals surface area (Å²) >= 11 is 1.69. The summed E-state index contributed by atoms with van der Waals surface area (Å²) in [6.07, 6.45) is 0.990. The summed E-state index contributed by atoms with van der Waals surface area (Å²) in [6, 6.07) is 4.53. The molecule has 0 radical (unpaired) electrons. The summed E-state index contributed by atoms with van der Waals surface area (Å²) in [5.41, 5.74) is 1.55. The number of fused-ring (bicyclic) bond motifs is 2. The van der Waals surface area contributed by atoms with Crippen molar-refractivity contribution >= 4 is 28.7 Å². The maximum Gasteiger partial charge on any atom is 0.337 e. The number of carboxylic acid groups (broad SMARTS) is 1. The molecule has 2 aliphatic rings. The molecule has 0 saturated heterocycles. The number of halogens is 1. The highest BCUT2D eigenvalue weighted by molar-refractivity contribution is 7.12. The van der Waals surface area contributed by atoms with E-state index in [-0.39, 0.29) is 5.56 Å². The van der Waals surface area contributed by atoms with Crippen molar-refractivity contribution in [3.05, 3.63) is 44.9 Å². The van der Waals surface area contributed by atoms with Crippen molar-refractivity contribution in [1.29, 1.82) is 0 Å². The third-order valence-corrected chi connectivity index (χ3v) is 5.74. The number of nitrogens with one attached hydrogen (secondary N) is 3. The number of thiophene rings is 1. The molecular formula is C16H16FN3O2S. The number of rotatable bonds is 2. The molecule has 1 aromatic carbocycles. The van der Waals surface area contributed by atoms with Gasteiger partial charge in [-0.05, 0) is 43.7 Å². The molecule has 0 saturated carbocycles. The molecule has 2 aromatic rings. The molecule has 4 N–H and O–H groups in total. The van der Waals surface area contributed by atoms with E-state index in [1.54, 1.807) is 11.3 Å². The van der Waals surface area contributed by atoms with E-state index in [0.29, 0.717) is 11.4 Å². The first-order valence-electron chi connectivity index (χ1n) is 7.42. The zero-order valence-corrected chi connectivity index (χ0v) is 13.3. The molecule has 1 aromatic heterocycles. The van der Waals surface area contributed by atoms with Gasteiger partial charge in [0.15, 0.2) is 0 Å². The molecule has 23 heavy (non-hydrogen) atoms. The van der Waals surface area contributed by atoms with Gasteiger partial charge in [-0.2, -0.15) is 0 Å².